The van der Waals surface area contributed by atoms with Crippen LogP contribution in [0.2, 0.25) is 0 Å². The fourth-order valence-corrected chi connectivity index (χ4v) is 6.24. The number of aromatic nitrogens is 2. The minimum absolute atomic E-state index is 0.227. The van der Waals surface area contributed by atoms with Crippen molar-refractivity contribution in [3.63, 3.8) is 0 Å². The molecule has 1 atom stereocenters. The minimum Gasteiger partial charge on any atom is -0.372 e. The second-order valence-electron chi connectivity index (χ2n) is 11.4. The molecule has 4 heterocycles. The van der Waals surface area contributed by atoms with E-state index < -0.39 is 5.60 Å². The van der Waals surface area contributed by atoms with Crippen LogP contribution in [0.15, 0.2) is 42.7 Å². The number of fused-ring (bicyclic) bond motifs is 1. The predicted octanol–water partition coefficient (Wildman–Crippen LogP) is 4.54. The summed E-state index contributed by atoms with van der Waals surface area (Å²) in [6.07, 6.45) is 7.65. The third kappa shape index (κ3) is 4.58. The molecule has 38 heavy (non-hydrogen) atoms. The van der Waals surface area contributed by atoms with E-state index in [9.17, 15) is 4.79 Å². The Morgan fingerprint density at radius 1 is 1.08 bits per heavy atom. The lowest BCUT2D eigenvalue weighted by Crippen LogP contribution is -2.50. The SMILES string of the molecule is CO[C@]1(c2ccc(-c3cc4c(N5CCN(C(=O)C6CC6)CC5)ccnn4c3)cc2F)CCCN(C(C)C)C1. The van der Waals surface area contributed by atoms with E-state index >= 15 is 4.39 Å². The molecule has 2 aliphatic heterocycles. The van der Waals surface area contributed by atoms with Crippen molar-refractivity contribution in [2.75, 3.05) is 51.3 Å². The van der Waals surface area contributed by atoms with Crippen LogP contribution in [0.3, 0.4) is 0 Å². The van der Waals surface area contributed by atoms with Gasteiger partial charge in [0.2, 0.25) is 5.91 Å². The molecule has 3 aliphatic rings. The summed E-state index contributed by atoms with van der Waals surface area (Å²) < 4.78 is 23.6. The predicted molar refractivity (Wildman–Crippen MR) is 147 cm³/mol. The zero-order valence-corrected chi connectivity index (χ0v) is 22.7. The van der Waals surface area contributed by atoms with Gasteiger partial charge in [-0.3, -0.25) is 9.69 Å². The highest BCUT2D eigenvalue weighted by Gasteiger charge is 2.40. The van der Waals surface area contributed by atoms with E-state index in [1.807, 2.05) is 40.0 Å². The first-order valence-electron chi connectivity index (χ1n) is 14.0. The Morgan fingerprint density at radius 2 is 1.87 bits per heavy atom. The summed E-state index contributed by atoms with van der Waals surface area (Å²) in [7, 11) is 1.70. The summed E-state index contributed by atoms with van der Waals surface area (Å²) in [6.45, 7) is 9.17. The van der Waals surface area contributed by atoms with Gasteiger partial charge in [-0.15, -0.1) is 0 Å². The molecule has 202 valence electrons. The molecule has 7 nitrogen and oxygen atoms in total. The number of carbonyl (C=O) groups excluding carboxylic acids is 1. The molecule has 3 fully saturated rings. The van der Waals surface area contributed by atoms with Gasteiger partial charge in [0.1, 0.15) is 11.4 Å². The highest BCUT2D eigenvalue weighted by Crippen LogP contribution is 2.39. The number of rotatable bonds is 6. The number of hydrogen-bond acceptors (Lipinski definition) is 5. The number of methoxy groups -OCH3 is 1. The van der Waals surface area contributed by atoms with Gasteiger partial charge in [-0.25, -0.2) is 8.91 Å². The van der Waals surface area contributed by atoms with Crippen molar-refractivity contribution in [3.8, 4) is 11.1 Å². The van der Waals surface area contributed by atoms with Crippen molar-refractivity contribution < 1.29 is 13.9 Å². The topological polar surface area (TPSA) is 53.3 Å². The number of carbonyl (C=O) groups is 1. The minimum atomic E-state index is -0.631. The molecule has 0 N–H and O–H groups in total. The smallest absolute Gasteiger partial charge is 0.225 e. The van der Waals surface area contributed by atoms with E-state index in [-0.39, 0.29) is 11.7 Å². The standard InChI is InChI=1S/C30H38FN5O2/c1-21(2)35-12-4-10-30(20-35,38-3)25-8-7-23(17-26(25)31)24-18-28-27(9-11-32-36(28)19-24)33-13-15-34(16-14-33)29(37)22-5-6-22/h7-9,11,17-19,21-22H,4-6,10,12-16,20H2,1-3H3/t30-/m1/s1. The van der Waals surface area contributed by atoms with Crippen LogP contribution < -0.4 is 4.90 Å². The first-order chi connectivity index (χ1) is 18.4. The third-order valence-electron chi connectivity index (χ3n) is 8.74. The molecule has 0 radical (unpaired) electrons. The number of benzene rings is 1. The number of likely N-dealkylation sites (tertiary alicyclic amines) is 1. The fourth-order valence-electron chi connectivity index (χ4n) is 6.24. The van der Waals surface area contributed by atoms with Crippen LogP contribution in [-0.4, -0.2) is 77.7 Å². The number of halogens is 1. The zero-order chi connectivity index (χ0) is 26.4. The number of piperidine rings is 1. The van der Waals surface area contributed by atoms with E-state index in [0.29, 0.717) is 24.1 Å². The van der Waals surface area contributed by atoms with Crippen LogP contribution in [0.5, 0.6) is 0 Å². The summed E-state index contributed by atoms with van der Waals surface area (Å²) in [6, 6.07) is 10.1. The Morgan fingerprint density at radius 3 is 2.55 bits per heavy atom. The van der Waals surface area contributed by atoms with Crippen molar-refractivity contribution in [1.82, 2.24) is 19.4 Å². The molecule has 2 aromatic heterocycles. The second-order valence-corrected chi connectivity index (χ2v) is 11.4. The van der Waals surface area contributed by atoms with Crippen LogP contribution in [0.1, 0.15) is 45.1 Å². The first kappa shape index (κ1) is 25.3. The van der Waals surface area contributed by atoms with E-state index in [2.05, 4.69) is 34.8 Å². The van der Waals surface area contributed by atoms with Crippen molar-refractivity contribution in [2.24, 2.45) is 5.92 Å². The van der Waals surface area contributed by atoms with E-state index in [1.54, 1.807) is 13.2 Å². The van der Waals surface area contributed by atoms with E-state index in [4.69, 9.17) is 4.74 Å². The van der Waals surface area contributed by atoms with Crippen molar-refractivity contribution >= 4 is 17.1 Å². The Labute approximate surface area is 224 Å². The van der Waals surface area contributed by atoms with Gasteiger partial charge in [0, 0.05) is 75.3 Å². The Balaban J connectivity index is 1.25. The first-order valence-corrected chi connectivity index (χ1v) is 14.0. The van der Waals surface area contributed by atoms with Crippen molar-refractivity contribution in [1.29, 1.82) is 0 Å². The Bertz CT molecular complexity index is 1330. The van der Waals surface area contributed by atoms with Gasteiger partial charge >= 0.3 is 0 Å². The van der Waals surface area contributed by atoms with Gasteiger partial charge < -0.3 is 14.5 Å². The van der Waals surface area contributed by atoms with Gasteiger partial charge in [-0.05, 0) is 69.8 Å². The Kier molecular flexibility index (Phi) is 6.64. The van der Waals surface area contributed by atoms with E-state index in [0.717, 1.165) is 80.7 Å². The monoisotopic (exact) mass is 519 g/mol. The van der Waals surface area contributed by atoms with Gasteiger partial charge in [0.05, 0.1) is 11.2 Å². The Hall–Kier alpha value is -2.97. The number of nitrogens with zero attached hydrogens (tertiary/aromatic N) is 5. The fraction of sp³-hybridized carbons (Fsp3) is 0.533. The normalized spacial score (nSPS) is 23.0. The average molecular weight is 520 g/mol. The third-order valence-corrected chi connectivity index (χ3v) is 8.74. The van der Waals surface area contributed by atoms with Gasteiger partial charge in [-0.2, -0.15) is 5.10 Å². The van der Waals surface area contributed by atoms with Crippen LogP contribution in [-0.2, 0) is 15.1 Å². The summed E-state index contributed by atoms with van der Waals surface area (Å²) in [5, 5.41) is 4.53. The van der Waals surface area contributed by atoms with Crippen LogP contribution in [0.4, 0.5) is 10.1 Å². The summed E-state index contributed by atoms with van der Waals surface area (Å²) in [5.41, 5.74) is 3.84. The maximum atomic E-state index is 15.7. The van der Waals surface area contributed by atoms with Crippen LogP contribution in [0.25, 0.3) is 16.6 Å². The van der Waals surface area contributed by atoms with Gasteiger partial charge in [0.15, 0.2) is 0 Å². The number of amides is 1. The molecule has 1 aliphatic carbocycles. The van der Waals surface area contributed by atoms with E-state index in [1.165, 1.54) is 0 Å². The van der Waals surface area contributed by atoms with Crippen molar-refractivity contribution in [2.45, 2.75) is 51.2 Å². The molecule has 1 saturated carbocycles. The molecular formula is C30H38FN5O2. The number of ether oxygens (including phenoxy) is 1. The molecule has 0 bridgehead atoms. The highest BCUT2D eigenvalue weighted by atomic mass is 19.1. The molecule has 8 heteroatoms. The largest absolute Gasteiger partial charge is 0.372 e. The van der Waals surface area contributed by atoms with Crippen LogP contribution in [0, 0.1) is 11.7 Å². The average Bonchev–Trinajstić information content (AvgIpc) is 3.70. The maximum Gasteiger partial charge on any atom is 0.225 e. The second kappa shape index (κ2) is 9.97. The van der Waals surface area contributed by atoms with Gasteiger partial charge in [-0.1, -0.05) is 12.1 Å². The molecule has 6 rings (SSSR count). The number of hydrogen-bond donors (Lipinski definition) is 0. The molecule has 0 unspecified atom stereocenters. The zero-order valence-electron chi connectivity index (χ0n) is 22.7. The molecule has 0 spiro atoms. The molecule has 3 aromatic rings. The molecule has 1 aromatic carbocycles. The lowest BCUT2D eigenvalue weighted by molar-refractivity contribution is -0.132. The van der Waals surface area contributed by atoms with Crippen molar-refractivity contribution in [3.05, 3.63) is 54.1 Å². The maximum absolute atomic E-state index is 15.7. The summed E-state index contributed by atoms with van der Waals surface area (Å²) >= 11 is 0. The number of anilines is 1. The quantitative estimate of drug-likeness (QED) is 0.479. The van der Waals surface area contributed by atoms with Gasteiger partial charge in [0.25, 0.3) is 0 Å². The lowest BCUT2D eigenvalue weighted by Gasteiger charge is -2.44. The highest BCUT2D eigenvalue weighted by molar-refractivity contribution is 5.82. The van der Waals surface area contributed by atoms with Crippen LogP contribution >= 0.6 is 0 Å². The summed E-state index contributed by atoms with van der Waals surface area (Å²) in [5.74, 6) is 0.357. The lowest BCUT2D eigenvalue weighted by atomic mass is 9.84. The molecule has 1 amide bonds. The molecule has 2 saturated heterocycles. The summed E-state index contributed by atoms with van der Waals surface area (Å²) in [4.78, 5) is 19.2. The molecular weight excluding hydrogens is 481 g/mol. The number of piperazine rings is 1.